The number of alkyl halides is 3. The Bertz CT molecular complexity index is 1380. The van der Waals surface area contributed by atoms with E-state index in [9.17, 15) is 18.0 Å². The first-order chi connectivity index (χ1) is 17.8. The van der Waals surface area contributed by atoms with Crippen molar-refractivity contribution in [1.82, 2.24) is 24.9 Å². The molecule has 0 bridgehead atoms. The molecule has 1 saturated heterocycles. The van der Waals surface area contributed by atoms with Crippen LogP contribution in [0.15, 0.2) is 60.9 Å². The van der Waals surface area contributed by atoms with Crippen LogP contribution in [-0.4, -0.2) is 50.7 Å². The molecule has 0 atom stereocenters. The van der Waals surface area contributed by atoms with Crippen LogP contribution in [0.25, 0.3) is 28.2 Å². The second-order valence-electron chi connectivity index (χ2n) is 9.14. The third-order valence-electron chi connectivity index (χ3n) is 6.33. The van der Waals surface area contributed by atoms with Gasteiger partial charge >= 0.3 is 6.18 Å². The molecule has 0 radical (unpaired) electrons. The zero-order chi connectivity index (χ0) is 25.8. The summed E-state index contributed by atoms with van der Waals surface area (Å²) in [7, 11) is 0. The first-order valence-electron chi connectivity index (χ1n) is 12.2. The summed E-state index contributed by atoms with van der Waals surface area (Å²) in [5.41, 5.74) is 4.55. The number of imidazole rings is 1. The maximum atomic E-state index is 12.4. The third kappa shape index (κ3) is 6.32. The molecule has 0 saturated carbocycles. The van der Waals surface area contributed by atoms with Crippen LogP contribution in [0.5, 0.6) is 5.88 Å². The van der Waals surface area contributed by atoms with Crippen molar-refractivity contribution in [2.75, 3.05) is 13.1 Å². The Balaban J connectivity index is 1.30. The molecule has 0 unspecified atom stereocenters. The van der Waals surface area contributed by atoms with Crippen LogP contribution in [0.4, 0.5) is 13.2 Å². The van der Waals surface area contributed by atoms with E-state index in [1.54, 1.807) is 18.3 Å². The standard InChI is InChI=1S/C27H26F3N5O2/c28-27(29,30)10-6-21(36)15-18-2-1-3-20(14-18)24-17-32-25-16-19(9-13-35(24)25)23-4-5-26(34-33-23)37-22-7-11-31-12-8-22/h1-5,9,13-14,16-17,22,31H,6-8,10-12,15H2. The summed E-state index contributed by atoms with van der Waals surface area (Å²) < 4.78 is 45.1. The highest BCUT2D eigenvalue weighted by Gasteiger charge is 2.27. The summed E-state index contributed by atoms with van der Waals surface area (Å²) in [6.45, 7) is 1.87. The molecule has 1 aromatic carbocycles. The van der Waals surface area contributed by atoms with Gasteiger partial charge in [-0.3, -0.25) is 9.20 Å². The average molecular weight is 510 g/mol. The molecule has 3 aromatic heterocycles. The van der Waals surface area contributed by atoms with Gasteiger partial charge in [-0.1, -0.05) is 18.2 Å². The van der Waals surface area contributed by atoms with Gasteiger partial charge in [-0.15, -0.1) is 10.2 Å². The van der Waals surface area contributed by atoms with Crippen molar-refractivity contribution in [2.24, 2.45) is 0 Å². The number of Topliss-reactive ketones (excluding diaryl/α,β-unsaturated/α-hetero) is 1. The van der Waals surface area contributed by atoms with Gasteiger partial charge in [-0.2, -0.15) is 13.2 Å². The number of piperidine rings is 1. The van der Waals surface area contributed by atoms with Crippen molar-refractivity contribution < 1.29 is 22.7 Å². The van der Waals surface area contributed by atoms with Crippen LogP contribution in [0.1, 0.15) is 31.2 Å². The predicted octanol–water partition coefficient (Wildman–Crippen LogP) is 5.04. The number of nitrogens with zero attached hydrogens (tertiary/aromatic N) is 4. The fourth-order valence-corrected chi connectivity index (χ4v) is 4.41. The van der Waals surface area contributed by atoms with E-state index in [4.69, 9.17) is 4.74 Å². The Hall–Kier alpha value is -3.79. The lowest BCUT2D eigenvalue weighted by atomic mass is 10.0. The van der Waals surface area contributed by atoms with Gasteiger partial charge in [-0.05, 0) is 55.8 Å². The van der Waals surface area contributed by atoms with Crippen LogP contribution >= 0.6 is 0 Å². The Morgan fingerprint density at radius 1 is 1.05 bits per heavy atom. The van der Waals surface area contributed by atoms with Gasteiger partial charge in [0.25, 0.3) is 0 Å². The van der Waals surface area contributed by atoms with Crippen LogP contribution < -0.4 is 10.1 Å². The highest BCUT2D eigenvalue weighted by molar-refractivity contribution is 5.81. The Morgan fingerprint density at radius 3 is 2.65 bits per heavy atom. The minimum absolute atomic E-state index is 0.0409. The van der Waals surface area contributed by atoms with Gasteiger partial charge in [0.05, 0.1) is 24.0 Å². The molecule has 4 heterocycles. The number of benzene rings is 1. The van der Waals surface area contributed by atoms with Gasteiger partial charge in [0.1, 0.15) is 17.5 Å². The van der Waals surface area contributed by atoms with Crippen LogP contribution in [-0.2, 0) is 11.2 Å². The molecule has 7 nitrogen and oxygen atoms in total. The number of halogens is 3. The van der Waals surface area contributed by atoms with E-state index in [0.717, 1.165) is 42.8 Å². The first-order valence-corrected chi connectivity index (χ1v) is 12.2. The second-order valence-corrected chi connectivity index (χ2v) is 9.14. The molecular weight excluding hydrogens is 483 g/mol. The minimum atomic E-state index is -4.33. The summed E-state index contributed by atoms with van der Waals surface area (Å²) in [5, 5.41) is 11.9. The average Bonchev–Trinajstić information content (AvgIpc) is 3.32. The van der Waals surface area contributed by atoms with Crippen molar-refractivity contribution in [3.05, 3.63) is 66.5 Å². The molecular formula is C27H26F3N5O2. The minimum Gasteiger partial charge on any atom is -0.473 e. The van der Waals surface area contributed by atoms with E-state index in [1.807, 2.05) is 47.0 Å². The number of carbonyl (C=O) groups is 1. The predicted molar refractivity (Wildman–Crippen MR) is 132 cm³/mol. The number of hydrogen-bond donors (Lipinski definition) is 1. The monoisotopic (exact) mass is 509 g/mol. The van der Waals surface area contributed by atoms with E-state index >= 15 is 0 Å². The quantitative estimate of drug-likeness (QED) is 0.358. The van der Waals surface area contributed by atoms with Gasteiger partial charge < -0.3 is 10.1 Å². The summed E-state index contributed by atoms with van der Waals surface area (Å²) in [6.07, 6.45) is -0.334. The van der Waals surface area contributed by atoms with Crippen molar-refractivity contribution in [2.45, 2.75) is 44.4 Å². The molecule has 1 aliphatic rings. The topological polar surface area (TPSA) is 81.4 Å². The fourth-order valence-electron chi connectivity index (χ4n) is 4.41. The van der Waals surface area contributed by atoms with Gasteiger partial charge in [-0.25, -0.2) is 4.98 Å². The Kier molecular flexibility index (Phi) is 7.18. The molecule has 4 aromatic rings. The molecule has 1 aliphatic heterocycles. The maximum absolute atomic E-state index is 12.4. The van der Waals surface area contributed by atoms with E-state index in [2.05, 4.69) is 20.5 Å². The van der Waals surface area contributed by atoms with Crippen molar-refractivity contribution in [1.29, 1.82) is 0 Å². The van der Waals surface area contributed by atoms with Crippen LogP contribution in [0, 0.1) is 0 Å². The number of fused-ring (bicyclic) bond motifs is 1. The van der Waals surface area contributed by atoms with E-state index < -0.39 is 24.8 Å². The molecule has 0 aliphatic carbocycles. The number of ether oxygens (including phenoxy) is 1. The van der Waals surface area contributed by atoms with Crippen LogP contribution in [0.3, 0.4) is 0 Å². The number of nitrogens with one attached hydrogen (secondary N) is 1. The Labute approximate surface area is 211 Å². The number of ketones is 1. The normalized spacial score (nSPS) is 14.7. The summed E-state index contributed by atoms with van der Waals surface area (Å²) in [4.78, 5) is 16.5. The molecule has 0 amide bonds. The zero-order valence-electron chi connectivity index (χ0n) is 20.0. The van der Waals surface area contributed by atoms with E-state index in [0.29, 0.717) is 22.8 Å². The maximum Gasteiger partial charge on any atom is 0.389 e. The summed E-state index contributed by atoms with van der Waals surface area (Å²) in [6, 6.07) is 14.8. The summed E-state index contributed by atoms with van der Waals surface area (Å²) in [5.74, 6) is 0.0714. The highest BCUT2D eigenvalue weighted by atomic mass is 19.4. The summed E-state index contributed by atoms with van der Waals surface area (Å²) >= 11 is 0. The van der Waals surface area contributed by atoms with E-state index in [-0.39, 0.29) is 12.5 Å². The van der Waals surface area contributed by atoms with Gasteiger partial charge in [0.2, 0.25) is 5.88 Å². The van der Waals surface area contributed by atoms with Gasteiger partial charge in [0.15, 0.2) is 0 Å². The van der Waals surface area contributed by atoms with Gasteiger partial charge in [0, 0.05) is 36.2 Å². The number of aromatic nitrogens is 4. The van der Waals surface area contributed by atoms with Crippen molar-refractivity contribution in [3.8, 4) is 28.4 Å². The Morgan fingerprint density at radius 2 is 1.89 bits per heavy atom. The molecule has 192 valence electrons. The number of pyridine rings is 1. The lowest BCUT2D eigenvalue weighted by Crippen LogP contribution is -2.34. The SMILES string of the molecule is O=C(CCC(F)(F)F)Cc1cccc(-c2cnc3cc(-c4ccc(OC5CCNCC5)nn4)ccn23)c1. The second kappa shape index (κ2) is 10.7. The number of hydrogen-bond acceptors (Lipinski definition) is 6. The molecule has 1 N–H and O–H groups in total. The number of rotatable bonds is 8. The molecule has 1 fully saturated rings. The van der Waals surface area contributed by atoms with Crippen LogP contribution in [0.2, 0.25) is 0 Å². The molecule has 0 spiro atoms. The van der Waals surface area contributed by atoms with Crippen molar-refractivity contribution >= 4 is 11.4 Å². The van der Waals surface area contributed by atoms with E-state index in [1.165, 1.54) is 0 Å². The van der Waals surface area contributed by atoms with Crippen molar-refractivity contribution in [3.63, 3.8) is 0 Å². The highest BCUT2D eigenvalue weighted by Crippen LogP contribution is 2.27. The largest absolute Gasteiger partial charge is 0.473 e. The number of carbonyl (C=O) groups excluding carboxylic acids is 1. The first kappa shape index (κ1) is 24.9. The fraction of sp³-hybridized carbons (Fsp3) is 0.333. The third-order valence-corrected chi connectivity index (χ3v) is 6.33. The molecule has 5 rings (SSSR count). The zero-order valence-corrected chi connectivity index (χ0v) is 20.0. The lowest BCUT2D eigenvalue weighted by molar-refractivity contribution is -0.143. The lowest BCUT2D eigenvalue weighted by Gasteiger charge is -2.22. The molecule has 10 heteroatoms. The smallest absolute Gasteiger partial charge is 0.389 e. The molecule has 37 heavy (non-hydrogen) atoms.